The van der Waals surface area contributed by atoms with Gasteiger partial charge in [0.05, 0.1) is 11.1 Å². The summed E-state index contributed by atoms with van der Waals surface area (Å²) in [6, 6.07) is 2.63. The Hall–Kier alpha value is -1.73. The van der Waals surface area contributed by atoms with E-state index in [1.54, 1.807) is 0 Å². The first-order valence-electron chi connectivity index (χ1n) is 7.31. The number of carbonyl (C=O) groups excluding carboxylic acids is 1. The van der Waals surface area contributed by atoms with Crippen molar-refractivity contribution in [3.05, 3.63) is 42.0 Å². The van der Waals surface area contributed by atoms with Crippen LogP contribution in [0.2, 0.25) is 0 Å². The number of nitrogens with one attached hydrogen (secondary N) is 1. The van der Waals surface area contributed by atoms with Crippen LogP contribution in [0.3, 0.4) is 0 Å². The molecule has 0 saturated heterocycles. The molecule has 1 amide bonds. The van der Waals surface area contributed by atoms with Crippen LogP contribution in [0.25, 0.3) is 0 Å². The third kappa shape index (κ3) is 5.42. The fourth-order valence-corrected chi connectivity index (χ4v) is 2.16. The second-order valence-corrected chi connectivity index (χ2v) is 5.52. The number of benzene rings is 1. The van der Waals surface area contributed by atoms with E-state index < -0.39 is 17.6 Å². The standard InChI is InChI=1S/C16H19F3N2O2.ClH/c1-2-7-23-14-6-5-11(16(17,18)19)8-12(14)15(22)21-9-13(20)10-3-4-10;/h2,5-6,8,10,13H,1,3-4,7,9,20H2,(H,21,22);1H. The average Bonchev–Trinajstić information content (AvgIpc) is 3.34. The summed E-state index contributed by atoms with van der Waals surface area (Å²) < 4.78 is 43.8. The van der Waals surface area contributed by atoms with Gasteiger partial charge in [-0.15, -0.1) is 12.4 Å². The lowest BCUT2D eigenvalue weighted by Crippen LogP contribution is -2.38. The summed E-state index contributed by atoms with van der Waals surface area (Å²) in [5, 5.41) is 2.58. The minimum atomic E-state index is -4.53. The van der Waals surface area contributed by atoms with Gasteiger partial charge in [0.2, 0.25) is 0 Å². The van der Waals surface area contributed by atoms with Crippen molar-refractivity contribution in [1.82, 2.24) is 5.32 Å². The summed E-state index contributed by atoms with van der Waals surface area (Å²) in [5.41, 5.74) is 4.82. The SMILES string of the molecule is C=CCOc1ccc(C(F)(F)F)cc1C(=O)NCC(N)C1CC1.Cl. The van der Waals surface area contributed by atoms with Crippen molar-refractivity contribution in [2.75, 3.05) is 13.2 Å². The maximum Gasteiger partial charge on any atom is 0.416 e. The lowest BCUT2D eigenvalue weighted by atomic mass is 10.1. The molecule has 3 N–H and O–H groups in total. The monoisotopic (exact) mass is 364 g/mol. The molecule has 1 atom stereocenters. The van der Waals surface area contributed by atoms with Gasteiger partial charge < -0.3 is 15.8 Å². The Balaban J connectivity index is 0.00000288. The quantitative estimate of drug-likeness (QED) is 0.730. The molecule has 0 spiro atoms. The largest absolute Gasteiger partial charge is 0.489 e. The van der Waals surface area contributed by atoms with E-state index in [1.807, 2.05) is 0 Å². The zero-order valence-corrected chi connectivity index (χ0v) is 13.8. The molecule has 4 nitrogen and oxygen atoms in total. The second kappa shape index (κ2) is 8.39. The van der Waals surface area contributed by atoms with E-state index in [0.29, 0.717) is 5.92 Å². The number of hydrogen-bond donors (Lipinski definition) is 2. The number of rotatable bonds is 7. The van der Waals surface area contributed by atoms with Gasteiger partial charge in [-0.2, -0.15) is 13.2 Å². The number of halogens is 4. The van der Waals surface area contributed by atoms with Crippen molar-refractivity contribution in [3.8, 4) is 5.75 Å². The second-order valence-electron chi connectivity index (χ2n) is 5.52. The molecule has 1 aliphatic carbocycles. The highest BCUT2D eigenvalue weighted by atomic mass is 35.5. The molecular weight excluding hydrogens is 345 g/mol. The Kier molecular flexibility index (Phi) is 7.10. The number of carbonyl (C=O) groups is 1. The van der Waals surface area contributed by atoms with E-state index in [2.05, 4.69) is 11.9 Å². The molecule has 0 aliphatic heterocycles. The number of amides is 1. The molecule has 0 heterocycles. The van der Waals surface area contributed by atoms with Crippen LogP contribution >= 0.6 is 12.4 Å². The van der Waals surface area contributed by atoms with Crippen molar-refractivity contribution < 1.29 is 22.7 Å². The van der Waals surface area contributed by atoms with Gasteiger partial charge in [0, 0.05) is 12.6 Å². The topological polar surface area (TPSA) is 64.3 Å². The Morgan fingerprint density at radius 1 is 1.46 bits per heavy atom. The summed E-state index contributed by atoms with van der Waals surface area (Å²) in [6.45, 7) is 3.78. The van der Waals surface area contributed by atoms with Gasteiger partial charge in [-0.3, -0.25) is 4.79 Å². The van der Waals surface area contributed by atoms with Crippen LogP contribution in [0, 0.1) is 5.92 Å². The van der Waals surface area contributed by atoms with Crippen LogP contribution in [-0.2, 0) is 6.18 Å². The summed E-state index contributed by atoms with van der Waals surface area (Å²) in [4.78, 5) is 12.2. The first kappa shape index (κ1) is 20.3. The minimum Gasteiger partial charge on any atom is -0.489 e. The lowest BCUT2D eigenvalue weighted by molar-refractivity contribution is -0.137. The zero-order chi connectivity index (χ0) is 17.0. The van der Waals surface area contributed by atoms with E-state index in [1.165, 1.54) is 6.08 Å². The van der Waals surface area contributed by atoms with Crippen molar-refractivity contribution in [2.45, 2.75) is 25.1 Å². The lowest BCUT2D eigenvalue weighted by Gasteiger charge is -2.15. The predicted octanol–water partition coefficient (Wildman–Crippen LogP) is 3.16. The predicted molar refractivity (Wildman–Crippen MR) is 87.4 cm³/mol. The van der Waals surface area contributed by atoms with Gasteiger partial charge >= 0.3 is 6.18 Å². The summed E-state index contributed by atoms with van der Waals surface area (Å²) in [7, 11) is 0. The summed E-state index contributed by atoms with van der Waals surface area (Å²) in [6.07, 6.45) is -1.04. The molecule has 1 aliphatic rings. The Bertz CT molecular complexity index is 589. The Morgan fingerprint density at radius 2 is 2.12 bits per heavy atom. The number of ether oxygens (including phenoxy) is 1. The highest BCUT2D eigenvalue weighted by Crippen LogP contribution is 2.33. The molecule has 2 rings (SSSR count). The molecule has 1 fully saturated rings. The van der Waals surface area contributed by atoms with Gasteiger partial charge in [0.15, 0.2) is 0 Å². The van der Waals surface area contributed by atoms with Crippen molar-refractivity contribution in [3.63, 3.8) is 0 Å². The first-order chi connectivity index (χ1) is 10.8. The van der Waals surface area contributed by atoms with E-state index in [4.69, 9.17) is 10.5 Å². The fraction of sp³-hybridized carbons (Fsp3) is 0.438. The van der Waals surface area contributed by atoms with Gasteiger partial charge in [0.1, 0.15) is 12.4 Å². The van der Waals surface area contributed by atoms with Gasteiger partial charge in [-0.05, 0) is 37.0 Å². The number of hydrogen-bond acceptors (Lipinski definition) is 3. The zero-order valence-electron chi connectivity index (χ0n) is 12.9. The van der Waals surface area contributed by atoms with Crippen LogP contribution in [0.15, 0.2) is 30.9 Å². The number of alkyl halides is 3. The number of nitrogens with two attached hydrogens (primary N) is 1. The first-order valence-corrected chi connectivity index (χ1v) is 7.31. The van der Waals surface area contributed by atoms with E-state index in [9.17, 15) is 18.0 Å². The molecule has 1 aromatic rings. The van der Waals surface area contributed by atoms with Gasteiger partial charge in [-0.1, -0.05) is 12.7 Å². The van der Waals surface area contributed by atoms with Crippen LogP contribution in [0.5, 0.6) is 5.75 Å². The van der Waals surface area contributed by atoms with E-state index in [-0.39, 0.29) is 42.9 Å². The molecule has 0 radical (unpaired) electrons. The fourth-order valence-electron chi connectivity index (χ4n) is 2.16. The van der Waals surface area contributed by atoms with Gasteiger partial charge in [-0.25, -0.2) is 0 Å². The highest BCUT2D eigenvalue weighted by Gasteiger charge is 2.32. The molecule has 1 saturated carbocycles. The Morgan fingerprint density at radius 3 is 2.67 bits per heavy atom. The van der Waals surface area contributed by atoms with Crippen LogP contribution in [-0.4, -0.2) is 25.1 Å². The van der Waals surface area contributed by atoms with Crippen LogP contribution < -0.4 is 15.8 Å². The van der Waals surface area contributed by atoms with Crippen molar-refractivity contribution in [1.29, 1.82) is 0 Å². The highest BCUT2D eigenvalue weighted by molar-refractivity contribution is 5.97. The molecule has 134 valence electrons. The van der Waals surface area contributed by atoms with Crippen molar-refractivity contribution >= 4 is 18.3 Å². The summed E-state index contributed by atoms with van der Waals surface area (Å²) >= 11 is 0. The summed E-state index contributed by atoms with van der Waals surface area (Å²) in [5.74, 6) is -0.171. The molecule has 0 aromatic heterocycles. The van der Waals surface area contributed by atoms with Gasteiger partial charge in [0.25, 0.3) is 5.91 Å². The molecule has 8 heteroatoms. The molecule has 0 bridgehead atoms. The normalized spacial score (nSPS) is 15.2. The average molecular weight is 365 g/mol. The van der Waals surface area contributed by atoms with E-state index in [0.717, 1.165) is 31.0 Å². The maximum absolute atomic E-state index is 12.8. The van der Waals surface area contributed by atoms with E-state index >= 15 is 0 Å². The molecule has 24 heavy (non-hydrogen) atoms. The third-order valence-electron chi connectivity index (χ3n) is 3.63. The van der Waals surface area contributed by atoms with Crippen LogP contribution in [0.1, 0.15) is 28.8 Å². The maximum atomic E-state index is 12.8. The Labute approximate surface area is 144 Å². The smallest absolute Gasteiger partial charge is 0.416 e. The van der Waals surface area contributed by atoms with Crippen LogP contribution in [0.4, 0.5) is 13.2 Å². The third-order valence-corrected chi connectivity index (χ3v) is 3.63. The molecule has 1 unspecified atom stereocenters. The molecule has 1 aromatic carbocycles. The minimum absolute atomic E-state index is 0. The molecular formula is C16H20ClF3N2O2. The van der Waals surface area contributed by atoms with Crippen molar-refractivity contribution in [2.24, 2.45) is 11.7 Å².